The first kappa shape index (κ1) is 17.9. The molecule has 0 aliphatic heterocycles. The molecule has 2 amide bonds. The van der Waals surface area contributed by atoms with Gasteiger partial charge in [0.05, 0.1) is 13.3 Å². The van der Waals surface area contributed by atoms with Gasteiger partial charge in [0, 0.05) is 17.3 Å². The highest BCUT2D eigenvalue weighted by Crippen LogP contribution is 2.25. The van der Waals surface area contributed by atoms with Crippen LogP contribution < -0.4 is 15.5 Å². The third-order valence-corrected chi connectivity index (χ3v) is 3.84. The van der Waals surface area contributed by atoms with E-state index in [-0.39, 0.29) is 5.75 Å². The number of phenolic OH excluding ortho intramolecular Hbond substituents is 1. The Labute approximate surface area is 155 Å². The second-order valence-electron chi connectivity index (χ2n) is 5.60. The number of benzene rings is 3. The van der Waals surface area contributed by atoms with Gasteiger partial charge in [0.2, 0.25) is 0 Å². The van der Waals surface area contributed by atoms with Crippen molar-refractivity contribution in [2.45, 2.75) is 0 Å². The summed E-state index contributed by atoms with van der Waals surface area (Å²) in [4.78, 5) is 23.9. The average Bonchev–Trinajstić information content (AvgIpc) is 2.69. The highest BCUT2D eigenvalue weighted by atomic mass is 16.5. The maximum Gasteiger partial charge on any atom is 0.329 e. The standard InChI is InChI=1S/C20H17N3O4/c1-27-15-7-4-6-14(11-15)22-19(25)20(26)23-21-12-17-16-8-3-2-5-13(16)9-10-18(17)24/h2-12,24H,1H3,(H,22,25)(H,23,26). The van der Waals surface area contributed by atoms with E-state index in [1.54, 1.807) is 36.4 Å². The predicted octanol–water partition coefficient (Wildman–Crippen LogP) is 2.64. The first-order valence-corrected chi connectivity index (χ1v) is 8.07. The highest BCUT2D eigenvalue weighted by Gasteiger charge is 2.13. The first-order chi connectivity index (χ1) is 13.1. The molecule has 0 spiro atoms. The number of carbonyl (C=O) groups is 2. The van der Waals surface area contributed by atoms with Crippen LogP contribution in [0, 0.1) is 0 Å². The van der Waals surface area contributed by atoms with Gasteiger partial charge in [0.1, 0.15) is 11.5 Å². The van der Waals surface area contributed by atoms with Gasteiger partial charge in [0.15, 0.2) is 0 Å². The normalized spacial score (nSPS) is 10.7. The van der Waals surface area contributed by atoms with Gasteiger partial charge < -0.3 is 15.2 Å². The second-order valence-corrected chi connectivity index (χ2v) is 5.60. The minimum Gasteiger partial charge on any atom is -0.507 e. The summed E-state index contributed by atoms with van der Waals surface area (Å²) >= 11 is 0. The topological polar surface area (TPSA) is 100 Å². The van der Waals surface area contributed by atoms with Crippen LogP contribution in [-0.2, 0) is 9.59 Å². The molecule has 0 saturated heterocycles. The summed E-state index contributed by atoms with van der Waals surface area (Å²) in [5, 5.41) is 18.0. The van der Waals surface area contributed by atoms with Crippen LogP contribution in [0.4, 0.5) is 5.69 Å². The molecule has 0 atom stereocenters. The maximum atomic E-state index is 11.9. The van der Waals surface area contributed by atoms with E-state index in [4.69, 9.17) is 4.74 Å². The van der Waals surface area contributed by atoms with Crippen molar-refractivity contribution in [1.82, 2.24) is 5.43 Å². The van der Waals surface area contributed by atoms with Gasteiger partial charge in [-0.1, -0.05) is 36.4 Å². The molecule has 0 aliphatic carbocycles. The molecule has 3 rings (SSSR count). The molecule has 0 heterocycles. The van der Waals surface area contributed by atoms with Crippen molar-refractivity contribution < 1.29 is 19.4 Å². The third-order valence-electron chi connectivity index (χ3n) is 3.84. The lowest BCUT2D eigenvalue weighted by Gasteiger charge is -2.06. The largest absolute Gasteiger partial charge is 0.507 e. The van der Waals surface area contributed by atoms with Crippen LogP contribution in [0.3, 0.4) is 0 Å². The van der Waals surface area contributed by atoms with Crippen molar-refractivity contribution in [2.24, 2.45) is 5.10 Å². The van der Waals surface area contributed by atoms with Crippen LogP contribution in [0.1, 0.15) is 5.56 Å². The van der Waals surface area contributed by atoms with Crippen molar-refractivity contribution in [1.29, 1.82) is 0 Å². The molecule has 0 aliphatic rings. The lowest BCUT2D eigenvalue weighted by Crippen LogP contribution is -2.32. The number of methoxy groups -OCH3 is 1. The molecule has 0 aromatic heterocycles. The fourth-order valence-electron chi connectivity index (χ4n) is 2.51. The lowest BCUT2D eigenvalue weighted by atomic mass is 10.0. The van der Waals surface area contributed by atoms with Crippen molar-refractivity contribution in [3.05, 3.63) is 66.2 Å². The zero-order chi connectivity index (χ0) is 19.2. The summed E-state index contributed by atoms with van der Waals surface area (Å²) in [6, 6.07) is 17.4. The van der Waals surface area contributed by atoms with Crippen molar-refractivity contribution in [3.8, 4) is 11.5 Å². The SMILES string of the molecule is COc1cccc(NC(=O)C(=O)NN=Cc2c(O)ccc3ccccc23)c1. The van der Waals surface area contributed by atoms with Crippen LogP contribution in [-0.4, -0.2) is 30.2 Å². The molecule has 0 radical (unpaired) electrons. The quantitative estimate of drug-likeness (QED) is 0.377. The van der Waals surface area contributed by atoms with Crippen LogP contribution in [0.5, 0.6) is 11.5 Å². The summed E-state index contributed by atoms with van der Waals surface area (Å²) in [5.41, 5.74) is 3.02. The molecule has 0 unspecified atom stereocenters. The monoisotopic (exact) mass is 363 g/mol. The Morgan fingerprint density at radius 1 is 1.04 bits per heavy atom. The lowest BCUT2D eigenvalue weighted by molar-refractivity contribution is -0.136. The third kappa shape index (κ3) is 4.21. The number of hydrazone groups is 1. The van der Waals surface area contributed by atoms with E-state index in [2.05, 4.69) is 15.8 Å². The number of fused-ring (bicyclic) bond motifs is 1. The number of nitrogens with zero attached hydrogens (tertiary/aromatic N) is 1. The van der Waals surface area contributed by atoms with Crippen LogP contribution in [0.2, 0.25) is 0 Å². The minimum absolute atomic E-state index is 0.0209. The Hall–Kier alpha value is -3.87. The van der Waals surface area contributed by atoms with Crippen molar-refractivity contribution in [2.75, 3.05) is 12.4 Å². The summed E-state index contributed by atoms with van der Waals surface area (Å²) in [6.45, 7) is 0. The Kier molecular flexibility index (Phi) is 5.32. The molecule has 7 heteroatoms. The van der Waals surface area contributed by atoms with E-state index in [1.165, 1.54) is 13.3 Å². The fourth-order valence-corrected chi connectivity index (χ4v) is 2.51. The fraction of sp³-hybridized carbons (Fsp3) is 0.0500. The zero-order valence-corrected chi connectivity index (χ0v) is 14.5. The van der Waals surface area contributed by atoms with Crippen LogP contribution in [0.15, 0.2) is 65.8 Å². The molecule has 3 aromatic carbocycles. The van der Waals surface area contributed by atoms with Crippen LogP contribution >= 0.6 is 0 Å². The summed E-state index contributed by atoms with van der Waals surface area (Å²) in [6.07, 6.45) is 1.30. The van der Waals surface area contributed by atoms with E-state index < -0.39 is 11.8 Å². The van der Waals surface area contributed by atoms with E-state index in [0.29, 0.717) is 17.0 Å². The Balaban J connectivity index is 1.68. The van der Waals surface area contributed by atoms with E-state index in [9.17, 15) is 14.7 Å². The maximum absolute atomic E-state index is 11.9. The number of carbonyl (C=O) groups excluding carboxylic acids is 2. The molecule has 7 nitrogen and oxygen atoms in total. The number of ether oxygens (including phenoxy) is 1. The second kappa shape index (κ2) is 8.01. The number of hydrogen-bond acceptors (Lipinski definition) is 5. The van der Waals surface area contributed by atoms with E-state index >= 15 is 0 Å². The predicted molar refractivity (Wildman–Crippen MR) is 103 cm³/mol. The molecule has 3 N–H and O–H groups in total. The number of aromatic hydroxyl groups is 1. The molecule has 27 heavy (non-hydrogen) atoms. The van der Waals surface area contributed by atoms with E-state index in [1.807, 2.05) is 24.3 Å². The average molecular weight is 363 g/mol. The highest BCUT2D eigenvalue weighted by molar-refractivity contribution is 6.39. The number of hydrogen-bond donors (Lipinski definition) is 3. The number of nitrogens with one attached hydrogen (secondary N) is 2. The Morgan fingerprint density at radius 3 is 2.67 bits per heavy atom. The summed E-state index contributed by atoms with van der Waals surface area (Å²) in [7, 11) is 1.51. The molecule has 3 aromatic rings. The summed E-state index contributed by atoms with van der Waals surface area (Å²) in [5.74, 6) is -1.23. The van der Waals surface area contributed by atoms with Crippen molar-refractivity contribution >= 4 is 34.5 Å². The van der Waals surface area contributed by atoms with Gasteiger partial charge in [-0.25, -0.2) is 5.43 Å². The van der Waals surface area contributed by atoms with E-state index in [0.717, 1.165) is 10.8 Å². The zero-order valence-electron chi connectivity index (χ0n) is 14.5. The molecule has 0 saturated carbocycles. The van der Waals surface area contributed by atoms with Gasteiger partial charge in [-0.2, -0.15) is 5.10 Å². The van der Waals surface area contributed by atoms with Gasteiger partial charge >= 0.3 is 11.8 Å². The number of phenols is 1. The van der Waals surface area contributed by atoms with Crippen LogP contribution in [0.25, 0.3) is 10.8 Å². The minimum atomic E-state index is -0.936. The molecule has 0 fully saturated rings. The number of anilines is 1. The Morgan fingerprint density at radius 2 is 1.85 bits per heavy atom. The smallest absolute Gasteiger partial charge is 0.329 e. The van der Waals surface area contributed by atoms with Gasteiger partial charge in [-0.05, 0) is 29.0 Å². The Bertz CT molecular complexity index is 1030. The molecule has 136 valence electrons. The molecular formula is C20H17N3O4. The number of rotatable bonds is 4. The van der Waals surface area contributed by atoms with Gasteiger partial charge in [-0.15, -0.1) is 0 Å². The molecule has 0 bridgehead atoms. The summed E-state index contributed by atoms with van der Waals surface area (Å²) < 4.78 is 5.06. The van der Waals surface area contributed by atoms with Gasteiger partial charge in [-0.3, -0.25) is 9.59 Å². The van der Waals surface area contributed by atoms with Gasteiger partial charge in [0.25, 0.3) is 0 Å². The molecular weight excluding hydrogens is 346 g/mol. The van der Waals surface area contributed by atoms with Crippen molar-refractivity contribution in [3.63, 3.8) is 0 Å². The first-order valence-electron chi connectivity index (χ1n) is 8.07. The number of amides is 2.